The first-order chi connectivity index (χ1) is 9.61. The number of rotatable bonds is 5. The first kappa shape index (κ1) is 17.5. The highest BCUT2D eigenvalue weighted by Crippen LogP contribution is 2.24. The molecule has 1 rings (SSSR count). The van der Waals surface area contributed by atoms with Crippen molar-refractivity contribution in [2.24, 2.45) is 5.92 Å². The minimum absolute atomic E-state index is 0.0435. The van der Waals surface area contributed by atoms with E-state index in [0.717, 1.165) is 15.4 Å². The van der Waals surface area contributed by atoms with Crippen LogP contribution in [0.15, 0.2) is 17.0 Å². The van der Waals surface area contributed by atoms with Gasteiger partial charge in [-0.25, -0.2) is 12.7 Å². The molecule has 1 atom stereocenters. The molecule has 1 aromatic rings. The van der Waals surface area contributed by atoms with Crippen LogP contribution in [-0.2, 0) is 19.6 Å². The Bertz CT molecular complexity index is 617. The fourth-order valence-electron chi connectivity index (χ4n) is 1.94. The van der Waals surface area contributed by atoms with Crippen LogP contribution in [0.3, 0.4) is 0 Å². The maximum atomic E-state index is 12.5. The molecule has 21 heavy (non-hydrogen) atoms. The number of nitrogens with two attached hydrogens (primary N) is 1. The molecule has 0 radical (unpaired) electrons. The van der Waals surface area contributed by atoms with E-state index in [2.05, 4.69) is 4.74 Å². The van der Waals surface area contributed by atoms with E-state index in [1.54, 1.807) is 13.0 Å². The summed E-state index contributed by atoms with van der Waals surface area (Å²) < 4.78 is 30.8. The zero-order chi connectivity index (χ0) is 16.4. The molecule has 2 N–H and O–H groups in total. The topological polar surface area (TPSA) is 89.7 Å². The molecule has 0 fully saturated rings. The van der Waals surface area contributed by atoms with Gasteiger partial charge in [0.15, 0.2) is 0 Å². The van der Waals surface area contributed by atoms with Crippen molar-refractivity contribution < 1.29 is 17.9 Å². The lowest BCUT2D eigenvalue weighted by Gasteiger charge is -2.21. The van der Waals surface area contributed by atoms with E-state index in [4.69, 9.17) is 5.73 Å². The fraction of sp³-hybridized carbons (Fsp3) is 0.500. The summed E-state index contributed by atoms with van der Waals surface area (Å²) in [7, 11) is -0.986. The number of aryl methyl sites for hydroxylation is 1. The van der Waals surface area contributed by atoms with Gasteiger partial charge < -0.3 is 10.5 Å². The SMILES string of the molecule is COC(=O)C(C)CN(C)S(=O)(=O)c1cc(C)c(C)c(N)c1. The molecule has 0 bridgehead atoms. The molecule has 0 aromatic heterocycles. The Labute approximate surface area is 125 Å². The van der Waals surface area contributed by atoms with Gasteiger partial charge in [0.2, 0.25) is 10.0 Å². The van der Waals surface area contributed by atoms with Gasteiger partial charge in [-0.1, -0.05) is 6.92 Å². The minimum Gasteiger partial charge on any atom is -0.469 e. The largest absolute Gasteiger partial charge is 0.469 e. The molecule has 0 heterocycles. The van der Waals surface area contributed by atoms with E-state index in [9.17, 15) is 13.2 Å². The summed E-state index contributed by atoms with van der Waals surface area (Å²) in [6.07, 6.45) is 0. The Kier molecular flexibility index (Phi) is 5.36. The van der Waals surface area contributed by atoms with Gasteiger partial charge in [0.25, 0.3) is 0 Å². The number of carbonyl (C=O) groups excluding carboxylic acids is 1. The normalized spacial score (nSPS) is 13.2. The molecule has 6 nitrogen and oxygen atoms in total. The van der Waals surface area contributed by atoms with Crippen LogP contribution < -0.4 is 5.73 Å². The van der Waals surface area contributed by atoms with Gasteiger partial charge in [-0.3, -0.25) is 4.79 Å². The second-order valence-electron chi connectivity index (χ2n) is 5.16. The maximum absolute atomic E-state index is 12.5. The Hall–Kier alpha value is -1.60. The number of nitrogen functional groups attached to an aromatic ring is 1. The van der Waals surface area contributed by atoms with Crippen LogP contribution >= 0.6 is 0 Å². The van der Waals surface area contributed by atoms with Crippen molar-refractivity contribution in [2.75, 3.05) is 26.4 Å². The molecule has 0 spiro atoms. The molecular weight excluding hydrogens is 292 g/mol. The minimum atomic E-state index is -3.69. The van der Waals surface area contributed by atoms with Gasteiger partial charge in [-0.05, 0) is 37.1 Å². The molecule has 118 valence electrons. The van der Waals surface area contributed by atoms with Crippen molar-refractivity contribution in [1.29, 1.82) is 0 Å². The number of hydrogen-bond acceptors (Lipinski definition) is 5. The predicted octanol–water partition coefficient (Wildman–Crippen LogP) is 1.32. The monoisotopic (exact) mass is 314 g/mol. The lowest BCUT2D eigenvalue weighted by atomic mass is 10.1. The van der Waals surface area contributed by atoms with Crippen LogP contribution in [0.1, 0.15) is 18.1 Å². The zero-order valence-corrected chi connectivity index (χ0v) is 13.8. The second-order valence-corrected chi connectivity index (χ2v) is 7.21. The average Bonchev–Trinajstić information content (AvgIpc) is 2.42. The number of anilines is 1. The van der Waals surface area contributed by atoms with Crippen molar-refractivity contribution in [3.05, 3.63) is 23.3 Å². The Morgan fingerprint density at radius 2 is 1.95 bits per heavy atom. The number of esters is 1. The van der Waals surface area contributed by atoms with Gasteiger partial charge in [0.1, 0.15) is 0 Å². The summed E-state index contributed by atoms with van der Waals surface area (Å²) in [5.74, 6) is -0.990. The number of methoxy groups -OCH3 is 1. The molecular formula is C14H22N2O4S. The number of hydrogen-bond donors (Lipinski definition) is 1. The molecule has 0 amide bonds. The fourth-order valence-corrected chi connectivity index (χ4v) is 3.32. The molecule has 0 aliphatic rings. The second kappa shape index (κ2) is 6.44. The maximum Gasteiger partial charge on any atom is 0.309 e. The summed E-state index contributed by atoms with van der Waals surface area (Å²) in [5.41, 5.74) is 7.93. The third kappa shape index (κ3) is 3.74. The molecule has 0 saturated heterocycles. The van der Waals surface area contributed by atoms with Gasteiger partial charge in [-0.15, -0.1) is 0 Å². The van der Waals surface area contributed by atoms with Crippen LogP contribution in [0.2, 0.25) is 0 Å². The summed E-state index contributed by atoms with van der Waals surface area (Å²) in [6, 6.07) is 3.03. The van der Waals surface area contributed by atoms with E-state index in [-0.39, 0.29) is 11.4 Å². The number of benzene rings is 1. The number of nitrogens with zero attached hydrogens (tertiary/aromatic N) is 1. The van der Waals surface area contributed by atoms with E-state index in [0.29, 0.717) is 5.69 Å². The van der Waals surface area contributed by atoms with E-state index < -0.39 is 21.9 Å². The first-order valence-electron chi connectivity index (χ1n) is 6.52. The molecule has 1 aromatic carbocycles. The van der Waals surface area contributed by atoms with Crippen molar-refractivity contribution in [3.63, 3.8) is 0 Å². The van der Waals surface area contributed by atoms with E-state index in [1.165, 1.54) is 20.2 Å². The summed E-state index contributed by atoms with van der Waals surface area (Å²) >= 11 is 0. The molecule has 7 heteroatoms. The highest BCUT2D eigenvalue weighted by Gasteiger charge is 2.26. The smallest absolute Gasteiger partial charge is 0.309 e. The molecule has 0 saturated carbocycles. The van der Waals surface area contributed by atoms with Crippen LogP contribution in [-0.4, -0.2) is 39.4 Å². The zero-order valence-electron chi connectivity index (χ0n) is 13.0. The van der Waals surface area contributed by atoms with Crippen molar-refractivity contribution in [2.45, 2.75) is 25.7 Å². The quantitative estimate of drug-likeness (QED) is 0.654. The van der Waals surface area contributed by atoms with Gasteiger partial charge >= 0.3 is 5.97 Å². The third-order valence-electron chi connectivity index (χ3n) is 3.52. The van der Waals surface area contributed by atoms with Crippen molar-refractivity contribution in [3.8, 4) is 0 Å². The van der Waals surface area contributed by atoms with Gasteiger partial charge in [0.05, 0.1) is 17.9 Å². The van der Waals surface area contributed by atoms with Crippen molar-refractivity contribution >= 4 is 21.7 Å². The lowest BCUT2D eigenvalue weighted by Crippen LogP contribution is -2.34. The van der Waals surface area contributed by atoms with Crippen LogP contribution in [0.25, 0.3) is 0 Å². The summed E-state index contributed by atoms with van der Waals surface area (Å²) in [4.78, 5) is 11.5. The highest BCUT2D eigenvalue weighted by molar-refractivity contribution is 7.89. The molecule has 0 aliphatic heterocycles. The number of carbonyl (C=O) groups is 1. The van der Waals surface area contributed by atoms with Crippen LogP contribution in [0, 0.1) is 19.8 Å². The first-order valence-corrected chi connectivity index (χ1v) is 7.96. The van der Waals surface area contributed by atoms with Crippen LogP contribution in [0.4, 0.5) is 5.69 Å². The Morgan fingerprint density at radius 3 is 2.43 bits per heavy atom. The van der Waals surface area contributed by atoms with Gasteiger partial charge in [0, 0.05) is 19.3 Å². The Morgan fingerprint density at radius 1 is 1.38 bits per heavy atom. The summed E-state index contributed by atoms with van der Waals surface area (Å²) in [5, 5.41) is 0. The third-order valence-corrected chi connectivity index (χ3v) is 5.32. The average molecular weight is 314 g/mol. The molecule has 0 aliphatic carbocycles. The highest BCUT2D eigenvalue weighted by atomic mass is 32.2. The lowest BCUT2D eigenvalue weighted by molar-refractivity contribution is -0.144. The standard InChI is InChI=1S/C14H22N2O4S/c1-9-6-12(7-13(15)11(9)3)21(18,19)16(4)8-10(2)14(17)20-5/h6-7,10H,8,15H2,1-5H3. The van der Waals surface area contributed by atoms with Gasteiger partial charge in [-0.2, -0.15) is 0 Å². The van der Waals surface area contributed by atoms with Crippen molar-refractivity contribution in [1.82, 2.24) is 4.31 Å². The Balaban J connectivity index is 3.08. The number of sulfonamides is 1. The van der Waals surface area contributed by atoms with Crippen LogP contribution in [0.5, 0.6) is 0 Å². The van der Waals surface area contributed by atoms with E-state index in [1.807, 2.05) is 13.8 Å². The van der Waals surface area contributed by atoms with E-state index >= 15 is 0 Å². The number of ether oxygens (including phenoxy) is 1. The predicted molar refractivity (Wildman–Crippen MR) is 81.3 cm³/mol. The summed E-state index contributed by atoms with van der Waals surface area (Å²) in [6.45, 7) is 5.31. The molecule has 1 unspecified atom stereocenters.